The minimum absolute atomic E-state index is 0.153. The number of hydrogen-bond acceptors (Lipinski definition) is 1. The molecule has 3 heteroatoms. The van der Waals surface area contributed by atoms with Gasteiger partial charge in [-0.05, 0) is 36.8 Å². The number of carbonyl (C=O) groups is 1. The topological polar surface area (TPSA) is 23.6 Å². The summed E-state index contributed by atoms with van der Waals surface area (Å²) in [4.78, 5) is 16.5. The molecule has 2 fully saturated rings. The van der Waals surface area contributed by atoms with Crippen LogP contribution in [0, 0.1) is 11.8 Å². The predicted octanol–water partition coefficient (Wildman–Crippen LogP) is 3.75. The highest BCUT2D eigenvalue weighted by atomic mass is 16.2. The van der Waals surface area contributed by atoms with Gasteiger partial charge in [0.15, 0.2) is 0 Å². The molecule has 1 aliphatic heterocycles. The molecule has 2 amide bonds. The monoisotopic (exact) mass is 272 g/mol. The molecule has 1 heterocycles. The van der Waals surface area contributed by atoms with E-state index >= 15 is 0 Å². The molecule has 1 aliphatic carbocycles. The Morgan fingerprint density at radius 1 is 1.10 bits per heavy atom. The molecule has 3 nitrogen and oxygen atoms in total. The molecular formula is C17H24N2O. The van der Waals surface area contributed by atoms with Crippen LogP contribution in [0.4, 0.5) is 10.5 Å². The molecule has 108 valence electrons. The Morgan fingerprint density at radius 2 is 1.80 bits per heavy atom. The van der Waals surface area contributed by atoms with Gasteiger partial charge >= 0.3 is 6.03 Å². The Bertz CT molecular complexity index is 459. The van der Waals surface area contributed by atoms with Crippen molar-refractivity contribution >= 4 is 11.7 Å². The van der Waals surface area contributed by atoms with Gasteiger partial charge in [-0.25, -0.2) is 4.79 Å². The number of benzene rings is 1. The van der Waals surface area contributed by atoms with Crippen molar-refractivity contribution in [2.75, 3.05) is 25.0 Å². The van der Waals surface area contributed by atoms with Gasteiger partial charge < -0.3 is 4.90 Å². The zero-order valence-corrected chi connectivity index (χ0v) is 12.3. The second kappa shape index (κ2) is 5.86. The SMILES string of the molecule is CN(C(=O)N1CC[C@@H]2CCCC[C@@H]2C1)c1ccccc1. The van der Waals surface area contributed by atoms with Crippen LogP contribution in [-0.2, 0) is 0 Å². The van der Waals surface area contributed by atoms with Gasteiger partial charge in [-0.3, -0.25) is 4.90 Å². The van der Waals surface area contributed by atoms with Gasteiger partial charge in [-0.2, -0.15) is 0 Å². The van der Waals surface area contributed by atoms with E-state index in [-0.39, 0.29) is 6.03 Å². The molecule has 0 bridgehead atoms. The number of anilines is 1. The van der Waals surface area contributed by atoms with Gasteiger partial charge in [-0.1, -0.05) is 37.5 Å². The molecule has 0 aromatic heterocycles. The van der Waals surface area contributed by atoms with E-state index in [1.807, 2.05) is 37.4 Å². The van der Waals surface area contributed by atoms with Crippen LogP contribution >= 0.6 is 0 Å². The van der Waals surface area contributed by atoms with Crippen LogP contribution in [0.3, 0.4) is 0 Å². The third kappa shape index (κ3) is 2.67. The zero-order chi connectivity index (χ0) is 13.9. The van der Waals surface area contributed by atoms with Crippen molar-refractivity contribution in [2.24, 2.45) is 11.8 Å². The van der Waals surface area contributed by atoms with E-state index in [4.69, 9.17) is 0 Å². The maximum Gasteiger partial charge on any atom is 0.324 e. The molecule has 2 aliphatic rings. The van der Waals surface area contributed by atoms with Crippen molar-refractivity contribution in [2.45, 2.75) is 32.1 Å². The Balaban J connectivity index is 1.65. The molecule has 0 N–H and O–H groups in total. The number of carbonyl (C=O) groups excluding carboxylic acids is 1. The van der Waals surface area contributed by atoms with E-state index in [9.17, 15) is 4.79 Å². The average molecular weight is 272 g/mol. The molecule has 0 radical (unpaired) electrons. The lowest BCUT2D eigenvalue weighted by molar-refractivity contribution is 0.105. The van der Waals surface area contributed by atoms with Gasteiger partial charge in [0.05, 0.1) is 0 Å². The Morgan fingerprint density at radius 3 is 2.55 bits per heavy atom. The van der Waals surface area contributed by atoms with Gasteiger partial charge in [0.25, 0.3) is 0 Å². The summed E-state index contributed by atoms with van der Waals surface area (Å²) in [5, 5.41) is 0. The standard InChI is InChI=1S/C17H24N2O/c1-18(16-9-3-2-4-10-16)17(20)19-12-11-14-7-5-6-8-15(14)13-19/h2-4,9-10,14-15H,5-8,11-13H2,1H3/t14-,15+/m0/s1. The first-order valence-corrected chi connectivity index (χ1v) is 7.83. The summed E-state index contributed by atoms with van der Waals surface area (Å²) in [5.41, 5.74) is 0.975. The van der Waals surface area contributed by atoms with Crippen LogP contribution in [0.25, 0.3) is 0 Å². The summed E-state index contributed by atoms with van der Waals surface area (Å²) in [7, 11) is 1.88. The predicted molar refractivity (Wildman–Crippen MR) is 81.9 cm³/mol. The maximum absolute atomic E-state index is 12.6. The fraction of sp³-hybridized carbons (Fsp3) is 0.588. The van der Waals surface area contributed by atoms with Crippen LogP contribution in [0.1, 0.15) is 32.1 Å². The second-order valence-electron chi connectivity index (χ2n) is 6.22. The van der Waals surface area contributed by atoms with Crippen LogP contribution in [0.5, 0.6) is 0 Å². The van der Waals surface area contributed by atoms with Crippen molar-refractivity contribution in [3.63, 3.8) is 0 Å². The van der Waals surface area contributed by atoms with Crippen molar-refractivity contribution in [1.29, 1.82) is 0 Å². The number of likely N-dealkylation sites (tertiary alicyclic amines) is 1. The highest BCUT2D eigenvalue weighted by Crippen LogP contribution is 2.36. The Labute approximate surface area is 121 Å². The summed E-state index contributed by atoms with van der Waals surface area (Å²) in [5.74, 6) is 1.61. The minimum Gasteiger partial charge on any atom is -0.324 e. The van der Waals surface area contributed by atoms with Crippen LogP contribution in [-0.4, -0.2) is 31.1 Å². The summed E-state index contributed by atoms with van der Waals surface area (Å²) >= 11 is 0. The molecule has 1 saturated carbocycles. The first kappa shape index (κ1) is 13.5. The lowest BCUT2D eigenvalue weighted by Gasteiger charge is -2.42. The highest BCUT2D eigenvalue weighted by Gasteiger charge is 2.33. The molecule has 1 aromatic rings. The van der Waals surface area contributed by atoms with Crippen molar-refractivity contribution in [3.8, 4) is 0 Å². The number of urea groups is 1. The van der Waals surface area contributed by atoms with Gasteiger partial charge in [0.1, 0.15) is 0 Å². The van der Waals surface area contributed by atoms with Crippen molar-refractivity contribution in [3.05, 3.63) is 30.3 Å². The van der Waals surface area contributed by atoms with Crippen LogP contribution < -0.4 is 4.90 Å². The lowest BCUT2D eigenvalue weighted by Crippen LogP contribution is -2.49. The summed E-state index contributed by atoms with van der Waals surface area (Å²) in [6, 6.07) is 10.1. The molecule has 0 spiro atoms. The third-order valence-corrected chi connectivity index (χ3v) is 4.99. The lowest BCUT2D eigenvalue weighted by atomic mass is 9.75. The smallest absolute Gasteiger partial charge is 0.324 e. The van der Waals surface area contributed by atoms with Gasteiger partial charge in [-0.15, -0.1) is 0 Å². The first-order chi connectivity index (χ1) is 9.75. The first-order valence-electron chi connectivity index (χ1n) is 7.83. The fourth-order valence-electron chi connectivity index (χ4n) is 3.75. The largest absolute Gasteiger partial charge is 0.324 e. The number of piperidine rings is 1. The number of fused-ring (bicyclic) bond motifs is 1. The van der Waals surface area contributed by atoms with E-state index in [1.165, 1.54) is 32.1 Å². The molecule has 0 unspecified atom stereocenters. The van der Waals surface area contributed by atoms with E-state index < -0.39 is 0 Å². The molecule has 1 saturated heterocycles. The molecule has 2 atom stereocenters. The number of nitrogens with zero attached hydrogens (tertiary/aromatic N) is 2. The zero-order valence-electron chi connectivity index (χ0n) is 12.3. The minimum atomic E-state index is 0.153. The van der Waals surface area contributed by atoms with Gasteiger partial charge in [0, 0.05) is 25.8 Å². The average Bonchev–Trinajstić information content (AvgIpc) is 2.54. The highest BCUT2D eigenvalue weighted by molar-refractivity contribution is 5.91. The normalized spacial score (nSPS) is 25.9. The van der Waals surface area contributed by atoms with Crippen molar-refractivity contribution < 1.29 is 4.79 Å². The molecule has 1 aromatic carbocycles. The van der Waals surface area contributed by atoms with Gasteiger partial charge in [0.2, 0.25) is 0 Å². The van der Waals surface area contributed by atoms with E-state index in [0.29, 0.717) is 0 Å². The van der Waals surface area contributed by atoms with E-state index in [2.05, 4.69) is 4.90 Å². The third-order valence-electron chi connectivity index (χ3n) is 4.99. The summed E-state index contributed by atoms with van der Waals surface area (Å²) in [6.07, 6.45) is 6.61. The van der Waals surface area contributed by atoms with E-state index in [1.54, 1.807) is 4.90 Å². The Hall–Kier alpha value is -1.51. The van der Waals surface area contributed by atoms with Crippen LogP contribution in [0.15, 0.2) is 30.3 Å². The number of hydrogen-bond donors (Lipinski definition) is 0. The van der Waals surface area contributed by atoms with Crippen molar-refractivity contribution in [1.82, 2.24) is 4.90 Å². The Kier molecular flexibility index (Phi) is 3.95. The summed E-state index contributed by atoms with van der Waals surface area (Å²) < 4.78 is 0. The molecular weight excluding hydrogens is 248 g/mol. The van der Waals surface area contributed by atoms with Crippen LogP contribution in [0.2, 0.25) is 0 Å². The molecule has 20 heavy (non-hydrogen) atoms. The maximum atomic E-state index is 12.6. The fourth-order valence-corrected chi connectivity index (χ4v) is 3.75. The number of rotatable bonds is 1. The quantitative estimate of drug-likeness (QED) is 0.763. The van der Waals surface area contributed by atoms with E-state index in [0.717, 1.165) is 30.6 Å². The number of amides is 2. The molecule has 3 rings (SSSR count). The second-order valence-corrected chi connectivity index (χ2v) is 6.22. The number of para-hydroxylation sites is 1. The summed E-state index contributed by atoms with van der Waals surface area (Å²) in [6.45, 7) is 1.89.